The maximum Gasteiger partial charge on any atom is 0.267 e. The molecule has 1 aromatic rings. The number of pyridine rings is 1. The van der Waals surface area contributed by atoms with E-state index in [-0.39, 0.29) is 19.5 Å². The van der Waals surface area contributed by atoms with E-state index in [0.717, 1.165) is 4.90 Å². The number of hydrogen-bond donors (Lipinski definition) is 1. The molecule has 2 amide bonds. The molecule has 1 aliphatic rings. The van der Waals surface area contributed by atoms with Crippen LogP contribution in [0.4, 0.5) is 8.78 Å². The fourth-order valence-electron chi connectivity index (χ4n) is 2.63. The zero-order chi connectivity index (χ0) is 18.4. The summed E-state index contributed by atoms with van der Waals surface area (Å²) in [4.78, 5) is 29.7. The monoisotopic (exact) mass is 349 g/mol. The van der Waals surface area contributed by atoms with Crippen molar-refractivity contribution in [2.45, 2.75) is 26.2 Å². The van der Waals surface area contributed by atoms with Crippen LogP contribution in [0.15, 0.2) is 24.4 Å². The predicted octanol–water partition coefficient (Wildman–Crippen LogP) is 2.75. The molecule has 134 valence electrons. The number of nitrogens with one attached hydrogen (secondary N) is 1. The van der Waals surface area contributed by atoms with Crippen molar-refractivity contribution in [3.05, 3.63) is 41.2 Å². The molecule has 2 rings (SSSR count). The quantitative estimate of drug-likeness (QED) is 0.889. The Kier molecular flexibility index (Phi) is 6.01. The van der Waals surface area contributed by atoms with E-state index >= 15 is 0 Å². The maximum absolute atomic E-state index is 13.2. The average Bonchev–Trinajstić information content (AvgIpc) is 2.94. The van der Waals surface area contributed by atoms with Gasteiger partial charge in [-0.15, -0.1) is 0 Å². The molecule has 0 spiro atoms. The third kappa shape index (κ3) is 4.71. The molecule has 1 fully saturated rings. The van der Waals surface area contributed by atoms with Gasteiger partial charge >= 0.3 is 0 Å². The number of halogens is 2. The average molecular weight is 349 g/mol. The van der Waals surface area contributed by atoms with Gasteiger partial charge in [-0.2, -0.15) is 0 Å². The number of nitrogens with zero attached hydrogens (tertiary/aromatic N) is 2. The van der Waals surface area contributed by atoms with Crippen molar-refractivity contribution in [1.29, 1.82) is 0 Å². The van der Waals surface area contributed by atoms with E-state index in [9.17, 15) is 18.4 Å². The number of amides is 2. The topological polar surface area (TPSA) is 62.3 Å². The lowest BCUT2D eigenvalue weighted by Crippen LogP contribution is -2.40. The minimum absolute atomic E-state index is 0.00618. The fourth-order valence-corrected chi connectivity index (χ4v) is 2.63. The maximum atomic E-state index is 13.2. The summed E-state index contributed by atoms with van der Waals surface area (Å²) in [7, 11) is 0. The summed E-state index contributed by atoms with van der Waals surface area (Å²) >= 11 is 0. The van der Waals surface area contributed by atoms with Gasteiger partial charge in [0, 0.05) is 24.7 Å². The SMILES string of the molecule is C/C=C\c1nccc(C(=O)NCC(=O)N2CCC(F)(F)C2)c1/C=C\C. The lowest BCUT2D eigenvalue weighted by molar-refractivity contribution is -0.130. The van der Waals surface area contributed by atoms with Crippen LogP contribution in [0.25, 0.3) is 12.2 Å². The van der Waals surface area contributed by atoms with Crippen LogP contribution in [0.5, 0.6) is 0 Å². The number of hydrogen-bond acceptors (Lipinski definition) is 3. The van der Waals surface area contributed by atoms with E-state index in [1.807, 2.05) is 19.9 Å². The second kappa shape index (κ2) is 8.00. The first-order chi connectivity index (χ1) is 11.9. The number of carbonyl (C=O) groups excluding carboxylic acids is 2. The molecule has 2 heterocycles. The van der Waals surface area contributed by atoms with Crippen molar-refractivity contribution in [3.63, 3.8) is 0 Å². The number of rotatable bonds is 5. The summed E-state index contributed by atoms with van der Waals surface area (Å²) in [6.45, 7) is 2.77. The minimum atomic E-state index is -2.84. The highest BCUT2D eigenvalue weighted by Crippen LogP contribution is 2.26. The van der Waals surface area contributed by atoms with Crippen LogP contribution in [0.2, 0.25) is 0 Å². The van der Waals surface area contributed by atoms with E-state index in [0.29, 0.717) is 16.8 Å². The summed E-state index contributed by atoms with van der Waals surface area (Å²) in [5.74, 6) is -3.80. The molecule has 0 atom stereocenters. The summed E-state index contributed by atoms with van der Waals surface area (Å²) in [6.07, 6.45) is 8.32. The van der Waals surface area contributed by atoms with Crippen molar-refractivity contribution in [3.8, 4) is 0 Å². The Bertz CT molecular complexity index is 714. The van der Waals surface area contributed by atoms with E-state index in [1.165, 1.54) is 6.20 Å². The van der Waals surface area contributed by atoms with E-state index < -0.39 is 24.3 Å². The van der Waals surface area contributed by atoms with Crippen LogP contribution >= 0.6 is 0 Å². The first-order valence-electron chi connectivity index (χ1n) is 8.06. The second-order valence-electron chi connectivity index (χ2n) is 5.76. The van der Waals surface area contributed by atoms with Crippen LogP contribution < -0.4 is 5.32 Å². The first-order valence-corrected chi connectivity index (χ1v) is 8.06. The predicted molar refractivity (Wildman–Crippen MR) is 92.1 cm³/mol. The molecule has 7 heteroatoms. The van der Waals surface area contributed by atoms with E-state index in [4.69, 9.17) is 0 Å². The molecular weight excluding hydrogens is 328 g/mol. The van der Waals surface area contributed by atoms with Crippen LogP contribution in [0, 0.1) is 0 Å². The summed E-state index contributed by atoms with van der Waals surface area (Å²) in [6, 6.07) is 1.56. The highest BCUT2D eigenvalue weighted by molar-refractivity contribution is 6.00. The minimum Gasteiger partial charge on any atom is -0.343 e. The Hall–Kier alpha value is -2.57. The van der Waals surface area contributed by atoms with Crippen LogP contribution in [-0.2, 0) is 4.79 Å². The molecule has 0 bridgehead atoms. The van der Waals surface area contributed by atoms with Crippen molar-refractivity contribution in [1.82, 2.24) is 15.2 Å². The van der Waals surface area contributed by atoms with Crippen LogP contribution in [0.3, 0.4) is 0 Å². The Balaban J connectivity index is 2.08. The van der Waals surface area contributed by atoms with Crippen molar-refractivity contribution in [2.75, 3.05) is 19.6 Å². The molecule has 0 radical (unpaired) electrons. The zero-order valence-corrected chi connectivity index (χ0v) is 14.3. The number of alkyl halides is 2. The standard InChI is InChI=1S/C18H21F2N3O2/c1-3-5-13-14(7-9-21-15(13)6-4-2)17(25)22-11-16(24)23-10-8-18(19,20)12-23/h3-7,9H,8,10-12H2,1-2H3,(H,22,25)/b5-3-,6-4-. The van der Waals surface area contributed by atoms with Gasteiger partial charge in [0.05, 0.1) is 24.3 Å². The van der Waals surface area contributed by atoms with E-state index in [2.05, 4.69) is 10.3 Å². The molecule has 1 saturated heterocycles. The summed E-state index contributed by atoms with van der Waals surface area (Å²) in [5, 5.41) is 2.51. The molecule has 0 unspecified atom stereocenters. The molecule has 25 heavy (non-hydrogen) atoms. The Morgan fingerprint density at radius 1 is 1.32 bits per heavy atom. The van der Waals surface area contributed by atoms with Gasteiger partial charge in [0.15, 0.2) is 0 Å². The molecule has 1 aliphatic heterocycles. The number of carbonyl (C=O) groups is 2. The highest BCUT2D eigenvalue weighted by atomic mass is 19.3. The van der Waals surface area contributed by atoms with Gasteiger partial charge in [0.1, 0.15) is 0 Å². The molecule has 0 aliphatic carbocycles. The lowest BCUT2D eigenvalue weighted by Gasteiger charge is -2.16. The normalized spacial score (nSPS) is 16.7. The van der Waals surface area contributed by atoms with Gasteiger partial charge in [-0.05, 0) is 26.0 Å². The molecule has 1 N–H and O–H groups in total. The largest absolute Gasteiger partial charge is 0.343 e. The number of likely N-dealkylation sites (tertiary alicyclic amines) is 1. The summed E-state index contributed by atoms with van der Waals surface area (Å²) < 4.78 is 26.3. The number of aromatic nitrogens is 1. The molecule has 1 aromatic heterocycles. The van der Waals surface area contributed by atoms with Gasteiger partial charge in [0.2, 0.25) is 5.91 Å². The van der Waals surface area contributed by atoms with Gasteiger partial charge in [-0.3, -0.25) is 14.6 Å². The smallest absolute Gasteiger partial charge is 0.267 e. The summed E-state index contributed by atoms with van der Waals surface area (Å²) in [5.41, 5.74) is 1.65. The molecule has 0 saturated carbocycles. The third-order valence-corrected chi connectivity index (χ3v) is 3.85. The zero-order valence-electron chi connectivity index (χ0n) is 14.3. The lowest BCUT2D eigenvalue weighted by atomic mass is 10.0. The molecule has 5 nitrogen and oxygen atoms in total. The second-order valence-corrected chi connectivity index (χ2v) is 5.76. The Labute approximate surface area is 145 Å². The first kappa shape index (κ1) is 18.8. The van der Waals surface area contributed by atoms with Gasteiger partial charge in [0.25, 0.3) is 11.8 Å². The van der Waals surface area contributed by atoms with Crippen molar-refractivity contribution < 1.29 is 18.4 Å². The molecule has 0 aromatic carbocycles. The van der Waals surface area contributed by atoms with Gasteiger partial charge in [-0.25, -0.2) is 8.78 Å². The van der Waals surface area contributed by atoms with Crippen molar-refractivity contribution >= 4 is 24.0 Å². The van der Waals surface area contributed by atoms with Crippen molar-refractivity contribution in [2.24, 2.45) is 0 Å². The fraction of sp³-hybridized carbons (Fsp3) is 0.389. The van der Waals surface area contributed by atoms with Crippen LogP contribution in [-0.4, -0.2) is 47.3 Å². The highest BCUT2D eigenvalue weighted by Gasteiger charge is 2.40. The Morgan fingerprint density at radius 3 is 2.64 bits per heavy atom. The third-order valence-electron chi connectivity index (χ3n) is 3.85. The van der Waals surface area contributed by atoms with Gasteiger partial charge < -0.3 is 10.2 Å². The number of allylic oxidation sites excluding steroid dienone is 2. The van der Waals surface area contributed by atoms with Gasteiger partial charge in [-0.1, -0.05) is 18.2 Å². The van der Waals surface area contributed by atoms with E-state index in [1.54, 1.807) is 24.3 Å². The van der Waals surface area contributed by atoms with Crippen LogP contribution in [0.1, 0.15) is 41.9 Å². The Morgan fingerprint density at radius 2 is 2.04 bits per heavy atom. The molecular formula is C18H21F2N3O2.